The van der Waals surface area contributed by atoms with Crippen LogP contribution in [0.25, 0.3) is 0 Å². The number of halogens is 2. The molecule has 0 saturated heterocycles. The number of rotatable bonds is 3. The molecule has 0 heterocycles. The van der Waals surface area contributed by atoms with E-state index < -0.39 is 17.1 Å². The van der Waals surface area contributed by atoms with Crippen LogP contribution in [0.5, 0.6) is 0 Å². The van der Waals surface area contributed by atoms with Crippen LogP contribution in [0.2, 0.25) is 0 Å². The highest BCUT2D eigenvalue weighted by atomic mass is 19.1. The van der Waals surface area contributed by atoms with Crippen LogP contribution in [-0.2, 0) is 10.2 Å². The Hall–Kier alpha value is -2.76. The average molecular weight is 330 g/mol. The average Bonchev–Trinajstić information content (AvgIpc) is 2.54. The highest BCUT2D eigenvalue weighted by molar-refractivity contribution is 5.97. The first-order valence-electron chi connectivity index (χ1n) is 7.64. The van der Waals surface area contributed by atoms with E-state index in [2.05, 4.69) is 10.9 Å². The van der Waals surface area contributed by atoms with E-state index in [0.29, 0.717) is 18.4 Å². The number of nitrogens with one attached hydrogen (secondary N) is 2. The van der Waals surface area contributed by atoms with Gasteiger partial charge < -0.3 is 0 Å². The third-order valence-electron chi connectivity index (χ3n) is 4.45. The zero-order chi connectivity index (χ0) is 17.2. The third kappa shape index (κ3) is 2.87. The van der Waals surface area contributed by atoms with E-state index in [0.717, 1.165) is 6.42 Å². The number of hydrazine groups is 1. The van der Waals surface area contributed by atoms with E-state index in [-0.39, 0.29) is 17.3 Å². The molecule has 3 rings (SSSR count). The summed E-state index contributed by atoms with van der Waals surface area (Å²) in [5, 5.41) is 0. The molecule has 1 aliphatic rings. The fourth-order valence-corrected chi connectivity index (χ4v) is 2.89. The maximum Gasteiger partial charge on any atom is 0.272 e. The summed E-state index contributed by atoms with van der Waals surface area (Å²) in [4.78, 5) is 24.5. The minimum Gasteiger partial charge on any atom is -0.272 e. The normalized spacial score (nSPS) is 15.2. The van der Waals surface area contributed by atoms with E-state index >= 15 is 0 Å². The first-order chi connectivity index (χ1) is 11.5. The topological polar surface area (TPSA) is 58.2 Å². The molecule has 124 valence electrons. The van der Waals surface area contributed by atoms with E-state index in [9.17, 15) is 18.4 Å². The van der Waals surface area contributed by atoms with Crippen LogP contribution in [-0.4, -0.2) is 11.8 Å². The van der Waals surface area contributed by atoms with Crippen LogP contribution in [0.15, 0.2) is 48.5 Å². The van der Waals surface area contributed by atoms with E-state index in [1.807, 2.05) is 0 Å². The standard InChI is InChI=1S/C18H16F2N2O2/c19-13-8-6-12(7-9-13)18(10-3-11-18)17(24)22-21-16(23)14-4-1-2-5-15(14)20/h1-2,4-9H,3,10-11H2,(H,21,23)(H,22,24). The van der Waals surface area contributed by atoms with Gasteiger partial charge in [-0.15, -0.1) is 0 Å². The summed E-state index contributed by atoms with van der Waals surface area (Å²) < 4.78 is 26.7. The molecule has 0 bridgehead atoms. The van der Waals surface area contributed by atoms with Crippen molar-refractivity contribution in [1.82, 2.24) is 10.9 Å². The second-order valence-corrected chi connectivity index (χ2v) is 5.83. The largest absolute Gasteiger partial charge is 0.272 e. The SMILES string of the molecule is O=C(NNC(=O)C1(c2ccc(F)cc2)CCC1)c1ccccc1F. The molecule has 0 radical (unpaired) electrons. The van der Waals surface area contributed by atoms with Gasteiger partial charge in [-0.2, -0.15) is 0 Å². The molecule has 1 fully saturated rings. The molecule has 0 unspecified atom stereocenters. The van der Waals surface area contributed by atoms with Crippen LogP contribution in [0, 0.1) is 11.6 Å². The lowest BCUT2D eigenvalue weighted by Crippen LogP contribution is -2.54. The van der Waals surface area contributed by atoms with Gasteiger partial charge in [-0.3, -0.25) is 20.4 Å². The van der Waals surface area contributed by atoms with Gasteiger partial charge in [0.05, 0.1) is 11.0 Å². The molecule has 0 spiro atoms. The second-order valence-electron chi connectivity index (χ2n) is 5.83. The summed E-state index contributed by atoms with van der Waals surface area (Å²) in [5.74, 6) is -2.15. The van der Waals surface area contributed by atoms with Gasteiger partial charge >= 0.3 is 0 Å². The summed E-state index contributed by atoms with van der Waals surface area (Å²) in [6, 6.07) is 11.3. The van der Waals surface area contributed by atoms with Crippen molar-refractivity contribution in [3.8, 4) is 0 Å². The van der Waals surface area contributed by atoms with Gasteiger partial charge in [-0.1, -0.05) is 30.7 Å². The molecule has 24 heavy (non-hydrogen) atoms. The highest BCUT2D eigenvalue weighted by Gasteiger charge is 2.45. The quantitative estimate of drug-likeness (QED) is 0.850. The Morgan fingerprint density at radius 3 is 2.17 bits per heavy atom. The van der Waals surface area contributed by atoms with E-state index in [1.165, 1.54) is 36.4 Å². The molecule has 1 aliphatic carbocycles. The predicted octanol–water partition coefficient (Wildman–Crippen LogP) is 2.85. The van der Waals surface area contributed by atoms with Gasteiger partial charge in [0.15, 0.2) is 0 Å². The lowest BCUT2D eigenvalue weighted by Gasteiger charge is -2.40. The van der Waals surface area contributed by atoms with Gasteiger partial charge in [-0.25, -0.2) is 8.78 Å². The van der Waals surface area contributed by atoms with Crippen molar-refractivity contribution in [3.63, 3.8) is 0 Å². The predicted molar refractivity (Wildman–Crippen MR) is 83.9 cm³/mol. The molecule has 1 saturated carbocycles. The molecular weight excluding hydrogens is 314 g/mol. The van der Waals surface area contributed by atoms with Crippen molar-refractivity contribution in [2.45, 2.75) is 24.7 Å². The Labute approximate surface area is 137 Å². The van der Waals surface area contributed by atoms with Gasteiger partial charge in [0.1, 0.15) is 11.6 Å². The summed E-state index contributed by atoms with van der Waals surface area (Å²) in [6.45, 7) is 0. The first kappa shape index (κ1) is 16.1. The first-order valence-corrected chi connectivity index (χ1v) is 7.64. The number of benzene rings is 2. The van der Waals surface area contributed by atoms with Gasteiger partial charge in [0.25, 0.3) is 5.91 Å². The van der Waals surface area contributed by atoms with Gasteiger partial charge in [0.2, 0.25) is 5.91 Å². The summed E-state index contributed by atoms with van der Waals surface area (Å²) in [7, 11) is 0. The Balaban J connectivity index is 1.71. The van der Waals surface area contributed by atoms with Crippen molar-refractivity contribution in [3.05, 3.63) is 71.3 Å². The van der Waals surface area contributed by atoms with Crippen LogP contribution >= 0.6 is 0 Å². The Morgan fingerprint density at radius 1 is 0.917 bits per heavy atom. The smallest absolute Gasteiger partial charge is 0.272 e. The molecule has 2 aromatic rings. The Bertz CT molecular complexity index is 771. The molecule has 0 aliphatic heterocycles. The molecule has 2 amide bonds. The van der Waals surface area contributed by atoms with Gasteiger partial charge in [-0.05, 0) is 42.7 Å². The Kier molecular flexibility index (Phi) is 4.29. The van der Waals surface area contributed by atoms with Crippen molar-refractivity contribution in [2.24, 2.45) is 0 Å². The minimum atomic E-state index is -0.782. The summed E-state index contributed by atoms with van der Waals surface area (Å²) >= 11 is 0. The van der Waals surface area contributed by atoms with Crippen molar-refractivity contribution >= 4 is 11.8 Å². The number of hydrogen-bond acceptors (Lipinski definition) is 2. The zero-order valence-corrected chi connectivity index (χ0v) is 12.8. The molecule has 0 atom stereocenters. The lowest BCUT2D eigenvalue weighted by molar-refractivity contribution is -0.130. The Morgan fingerprint density at radius 2 is 1.58 bits per heavy atom. The highest BCUT2D eigenvalue weighted by Crippen LogP contribution is 2.43. The number of amides is 2. The lowest BCUT2D eigenvalue weighted by atomic mass is 9.64. The third-order valence-corrected chi connectivity index (χ3v) is 4.45. The van der Waals surface area contributed by atoms with Crippen LogP contribution in [0.4, 0.5) is 8.78 Å². The summed E-state index contributed by atoms with van der Waals surface area (Å²) in [6.07, 6.45) is 2.09. The van der Waals surface area contributed by atoms with E-state index in [4.69, 9.17) is 0 Å². The molecule has 4 nitrogen and oxygen atoms in total. The number of carbonyl (C=O) groups is 2. The van der Waals surface area contributed by atoms with Crippen molar-refractivity contribution < 1.29 is 18.4 Å². The van der Waals surface area contributed by atoms with Crippen molar-refractivity contribution in [1.29, 1.82) is 0 Å². The second kappa shape index (κ2) is 6.39. The van der Waals surface area contributed by atoms with Crippen LogP contribution < -0.4 is 10.9 Å². The van der Waals surface area contributed by atoms with Crippen LogP contribution in [0.3, 0.4) is 0 Å². The molecular formula is C18H16F2N2O2. The van der Waals surface area contributed by atoms with Crippen LogP contribution in [0.1, 0.15) is 35.2 Å². The maximum absolute atomic E-state index is 13.6. The molecule has 6 heteroatoms. The zero-order valence-electron chi connectivity index (χ0n) is 12.8. The fraction of sp³-hybridized carbons (Fsp3) is 0.222. The fourth-order valence-electron chi connectivity index (χ4n) is 2.89. The summed E-state index contributed by atoms with van der Waals surface area (Å²) in [5.41, 5.74) is 4.38. The minimum absolute atomic E-state index is 0.151. The number of carbonyl (C=O) groups excluding carboxylic acids is 2. The monoisotopic (exact) mass is 330 g/mol. The van der Waals surface area contributed by atoms with Crippen molar-refractivity contribution in [2.75, 3.05) is 0 Å². The molecule has 0 aromatic heterocycles. The molecule has 2 aromatic carbocycles. The maximum atomic E-state index is 13.6. The van der Waals surface area contributed by atoms with E-state index in [1.54, 1.807) is 12.1 Å². The van der Waals surface area contributed by atoms with Gasteiger partial charge in [0, 0.05) is 0 Å². The molecule has 2 N–H and O–H groups in total. The number of hydrogen-bond donors (Lipinski definition) is 2.